The van der Waals surface area contributed by atoms with Gasteiger partial charge >= 0.3 is 0 Å². The van der Waals surface area contributed by atoms with E-state index in [1.54, 1.807) is 0 Å². The fourth-order valence-electron chi connectivity index (χ4n) is 2.60. The van der Waals surface area contributed by atoms with E-state index in [4.69, 9.17) is 16.6 Å². The molecule has 3 aromatic rings. The summed E-state index contributed by atoms with van der Waals surface area (Å²) in [6, 6.07) is 12.1. The van der Waals surface area contributed by atoms with Crippen LogP contribution in [0, 0.1) is 12.8 Å². The van der Waals surface area contributed by atoms with Gasteiger partial charge in [-0.15, -0.1) is 0 Å². The Kier molecular flexibility index (Phi) is 4.58. The Labute approximate surface area is 142 Å². The van der Waals surface area contributed by atoms with Crippen LogP contribution in [-0.4, -0.2) is 15.9 Å². The van der Waals surface area contributed by atoms with Gasteiger partial charge in [-0.3, -0.25) is 4.40 Å². The average molecular weight is 328 g/mol. The summed E-state index contributed by atoms with van der Waals surface area (Å²) >= 11 is 6.02. The van der Waals surface area contributed by atoms with Crippen molar-refractivity contribution in [1.29, 1.82) is 0 Å². The van der Waals surface area contributed by atoms with E-state index in [1.165, 1.54) is 5.56 Å². The van der Waals surface area contributed by atoms with Crippen LogP contribution in [0.3, 0.4) is 0 Å². The van der Waals surface area contributed by atoms with Crippen LogP contribution in [0.5, 0.6) is 0 Å². The number of nitrogens with one attached hydrogen (secondary N) is 1. The van der Waals surface area contributed by atoms with Crippen molar-refractivity contribution in [2.75, 3.05) is 11.9 Å². The lowest BCUT2D eigenvalue weighted by atomic mass is 10.1. The first-order chi connectivity index (χ1) is 11.0. The summed E-state index contributed by atoms with van der Waals surface area (Å²) in [5.74, 6) is 1.71. The standard InChI is InChI=1S/C19H22ClN3/c1-13(2)8-10-21-19-18(15-4-6-16(20)7-5-15)22-17-12-14(3)9-11-23(17)19/h4-7,9,11-13,21H,8,10H2,1-3H3. The second-order valence-corrected chi connectivity index (χ2v) is 6.79. The number of hydrogen-bond acceptors (Lipinski definition) is 2. The van der Waals surface area contributed by atoms with E-state index in [1.807, 2.05) is 24.3 Å². The van der Waals surface area contributed by atoms with Gasteiger partial charge in [0.2, 0.25) is 0 Å². The first kappa shape index (κ1) is 15.9. The number of benzene rings is 1. The maximum absolute atomic E-state index is 6.02. The second kappa shape index (κ2) is 6.63. The second-order valence-electron chi connectivity index (χ2n) is 6.36. The van der Waals surface area contributed by atoms with Crippen LogP contribution in [0.4, 0.5) is 5.82 Å². The average Bonchev–Trinajstić information content (AvgIpc) is 2.85. The maximum atomic E-state index is 6.02. The number of imidazole rings is 1. The number of aromatic nitrogens is 2. The van der Waals surface area contributed by atoms with Gasteiger partial charge < -0.3 is 5.32 Å². The number of pyridine rings is 1. The topological polar surface area (TPSA) is 29.3 Å². The molecule has 0 saturated heterocycles. The zero-order valence-corrected chi connectivity index (χ0v) is 14.6. The zero-order valence-electron chi connectivity index (χ0n) is 13.8. The Morgan fingerprint density at radius 1 is 1.17 bits per heavy atom. The molecule has 1 N–H and O–H groups in total. The van der Waals surface area contributed by atoms with Crippen LogP contribution in [0.15, 0.2) is 42.6 Å². The van der Waals surface area contributed by atoms with Crippen LogP contribution in [0.25, 0.3) is 16.9 Å². The first-order valence-corrected chi connectivity index (χ1v) is 8.41. The van der Waals surface area contributed by atoms with Crippen LogP contribution in [-0.2, 0) is 0 Å². The van der Waals surface area contributed by atoms with Gasteiger partial charge in [0.1, 0.15) is 17.2 Å². The quantitative estimate of drug-likeness (QED) is 0.677. The Balaban J connectivity index is 2.05. The van der Waals surface area contributed by atoms with Crippen molar-refractivity contribution in [3.8, 4) is 11.3 Å². The predicted molar refractivity (Wildman–Crippen MR) is 98.3 cm³/mol. The van der Waals surface area contributed by atoms with Crippen molar-refractivity contribution in [2.24, 2.45) is 5.92 Å². The lowest BCUT2D eigenvalue weighted by Crippen LogP contribution is -2.07. The Bertz CT molecular complexity index is 803. The van der Waals surface area contributed by atoms with Crippen LogP contribution < -0.4 is 5.32 Å². The Morgan fingerprint density at radius 3 is 2.61 bits per heavy atom. The zero-order chi connectivity index (χ0) is 16.4. The summed E-state index contributed by atoms with van der Waals surface area (Å²) in [6.07, 6.45) is 3.20. The molecule has 1 aromatic carbocycles. The van der Waals surface area contributed by atoms with Crippen LogP contribution >= 0.6 is 11.6 Å². The lowest BCUT2D eigenvalue weighted by Gasteiger charge is -2.10. The number of hydrogen-bond donors (Lipinski definition) is 1. The molecular formula is C19H22ClN3. The molecule has 0 saturated carbocycles. The normalized spacial score (nSPS) is 11.3. The van der Waals surface area contributed by atoms with Gasteiger partial charge in [0, 0.05) is 23.3 Å². The van der Waals surface area contributed by atoms with Gasteiger partial charge in [-0.05, 0) is 49.1 Å². The minimum absolute atomic E-state index is 0.669. The molecule has 0 aliphatic carbocycles. The molecule has 0 fully saturated rings. The highest BCUT2D eigenvalue weighted by Gasteiger charge is 2.14. The van der Waals surface area contributed by atoms with E-state index in [0.29, 0.717) is 5.92 Å². The minimum atomic E-state index is 0.669. The summed E-state index contributed by atoms with van der Waals surface area (Å²) in [6.45, 7) is 7.49. The molecule has 4 heteroatoms. The molecule has 0 atom stereocenters. The molecule has 3 rings (SSSR count). The predicted octanol–water partition coefficient (Wildman–Crippen LogP) is 5.42. The molecule has 2 aromatic heterocycles. The number of rotatable bonds is 5. The molecule has 0 radical (unpaired) electrons. The molecule has 2 heterocycles. The SMILES string of the molecule is Cc1ccn2c(NCCC(C)C)c(-c3ccc(Cl)cc3)nc2c1. The highest BCUT2D eigenvalue weighted by molar-refractivity contribution is 6.30. The van der Waals surface area contributed by atoms with Gasteiger partial charge in [0.15, 0.2) is 0 Å². The van der Waals surface area contributed by atoms with Gasteiger partial charge in [-0.2, -0.15) is 0 Å². The van der Waals surface area contributed by atoms with E-state index in [2.05, 4.69) is 48.8 Å². The number of nitrogens with zero attached hydrogens (tertiary/aromatic N) is 2. The summed E-state index contributed by atoms with van der Waals surface area (Å²) in [4.78, 5) is 4.83. The summed E-state index contributed by atoms with van der Waals surface area (Å²) < 4.78 is 2.12. The first-order valence-electron chi connectivity index (χ1n) is 8.03. The van der Waals surface area contributed by atoms with Gasteiger partial charge in [-0.1, -0.05) is 37.6 Å². The smallest absolute Gasteiger partial charge is 0.139 e. The van der Waals surface area contributed by atoms with Crippen molar-refractivity contribution < 1.29 is 0 Å². The van der Waals surface area contributed by atoms with E-state index >= 15 is 0 Å². The van der Waals surface area contributed by atoms with Crippen molar-refractivity contribution in [1.82, 2.24) is 9.38 Å². The molecule has 0 bridgehead atoms. The largest absolute Gasteiger partial charge is 0.369 e. The molecule has 0 unspecified atom stereocenters. The fourth-order valence-corrected chi connectivity index (χ4v) is 2.73. The highest BCUT2D eigenvalue weighted by atomic mass is 35.5. The van der Waals surface area contributed by atoms with Gasteiger partial charge in [0.05, 0.1) is 0 Å². The maximum Gasteiger partial charge on any atom is 0.139 e. The van der Waals surface area contributed by atoms with Crippen LogP contribution in [0.2, 0.25) is 5.02 Å². The van der Waals surface area contributed by atoms with Crippen LogP contribution in [0.1, 0.15) is 25.8 Å². The Hall–Kier alpha value is -2.00. The molecule has 0 aliphatic heterocycles. The van der Waals surface area contributed by atoms with Gasteiger partial charge in [-0.25, -0.2) is 4.98 Å². The number of fused-ring (bicyclic) bond motifs is 1. The monoisotopic (exact) mass is 327 g/mol. The molecule has 3 nitrogen and oxygen atoms in total. The third-order valence-corrected chi connectivity index (χ3v) is 4.17. The highest BCUT2D eigenvalue weighted by Crippen LogP contribution is 2.30. The molecule has 0 spiro atoms. The van der Waals surface area contributed by atoms with Crippen molar-refractivity contribution in [3.05, 3.63) is 53.2 Å². The van der Waals surface area contributed by atoms with Gasteiger partial charge in [0.25, 0.3) is 0 Å². The van der Waals surface area contributed by atoms with E-state index in [0.717, 1.165) is 40.7 Å². The van der Waals surface area contributed by atoms with Crippen molar-refractivity contribution in [3.63, 3.8) is 0 Å². The third kappa shape index (κ3) is 3.50. The summed E-state index contributed by atoms with van der Waals surface area (Å²) in [5.41, 5.74) is 4.21. The number of aryl methyl sites for hydroxylation is 1. The molecular weight excluding hydrogens is 306 g/mol. The van der Waals surface area contributed by atoms with E-state index in [-0.39, 0.29) is 0 Å². The lowest BCUT2D eigenvalue weighted by molar-refractivity contribution is 0.606. The van der Waals surface area contributed by atoms with E-state index in [9.17, 15) is 0 Å². The third-order valence-electron chi connectivity index (χ3n) is 3.91. The number of anilines is 1. The number of halogens is 1. The molecule has 23 heavy (non-hydrogen) atoms. The molecule has 0 amide bonds. The molecule has 0 aliphatic rings. The van der Waals surface area contributed by atoms with Crippen molar-refractivity contribution >= 4 is 23.1 Å². The Morgan fingerprint density at radius 2 is 1.91 bits per heavy atom. The molecule has 120 valence electrons. The minimum Gasteiger partial charge on any atom is -0.369 e. The summed E-state index contributed by atoms with van der Waals surface area (Å²) in [5, 5.41) is 4.31. The van der Waals surface area contributed by atoms with E-state index < -0.39 is 0 Å². The fraction of sp³-hybridized carbons (Fsp3) is 0.316. The summed E-state index contributed by atoms with van der Waals surface area (Å²) in [7, 11) is 0. The van der Waals surface area contributed by atoms with Crippen molar-refractivity contribution in [2.45, 2.75) is 27.2 Å².